The molecule has 0 bridgehead atoms. The number of anilines is 1. The van der Waals surface area contributed by atoms with Gasteiger partial charge in [-0.05, 0) is 37.0 Å². The third-order valence-corrected chi connectivity index (χ3v) is 5.75. The summed E-state index contributed by atoms with van der Waals surface area (Å²) in [6, 6.07) is 11.4. The van der Waals surface area contributed by atoms with Gasteiger partial charge in [-0.1, -0.05) is 37.3 Å². The summed E-state index contributed by atoms with van der Waals surface area (Å²) < 4.78 is 25.5. The van der Waals surface area contributed by atoms with Crippen LogP contribution in [0.5, 0.6) is 0 Å². The fourth-order valence-corrected chi connectivity index (χ4v) is 3.81. The minimum absolute atomic E-state index is 0.108. The first kappa shape index (κ1) is 22.4. The van der Waals surface area contributed by atoms with Gasteiger partial charge < -0.3 is 5.32 Å². The topological polar surface area (TPSA) is 110 Å². The zero-order valence-electron chi connectivity index (χ0n) is 16.9. The molecule has 29 heavy (non-hydrogen) atoms. The Labute approximate surface area is 170 Å². The standard InChI is InChI=1S/C20H25N3O5S/c1-5-16-7-9-17(10-8-16)15(3)21-20(24)13-22(29(4,27)28)19-12-18(23(25)26)11-6-14(19)2/h6-12,15H,5,13H2,1-4H3,(H,21,24)/t15-/m0/s1. The van der Waals surface area contributed by atoms with E-state index < -0.39 is 27.4 Å². The van der Waals surface area contributed by atoms with E-state index in [-0.39, 0.29) is 17.4 Å². The highest BCUT2D eigenvalue weighted by Gasteiger charge is 2.25. The SMILES string of the molecule is CCc1ccc([C@H](C)NC(=O)CN(c2cc([N+](=O)[O-])ccc2C)S(C)(=O)=O)cc1. The second kappa shape index (κ2) is 9.04. The van der Waals surface area contributed by atoms with E-state index >= 15 is 0 Å². The number of non-ortho nitro benzene ring substituents is 1. The van der Waals surface area contributed by atoms with E-state index in [2.05, 4.69) is 12.2 Å². The number of aryl methyl sites for hydroxylation is 2. The lowest BCUT2D eigenvalue weighted by molar-refractivity contribution is -0.384. The molecule has 2 aromatic rings. The third kappa shape index (κ3) is 5.77. The number of rotatable bonds is 8. The van der Waals surface area contributed by atoms with E-state index in [1.54, 1.807) is 6.92 Å². The number of hydrogen-bond donors (Lipinski definition) is 1. The van der Waals surface area contributed by atoms with Gasteiger partial charge in [-0.2, -0.15) is 0 Å². The van der Waals surface area contributed by atoms with Crippen molar-refractivity contribution in [2.24, 2.45) is 0 Å². The number of carbonyl (C=O) groups excluding carboxylic acids is 1. The fourth-order valence-electron chi connectivity index (χ4n) is 2.90. The van der Waals surface area contributed by atoms with E-state index in [9.17, 15) is 23.3 Å². The van der Waals surface area contributed by atoms with Crippen LogP contribution in [-0.4, -0.2) is 32.0 Å². The lowest BCUT2D eigenvalue weighted by atomic mass is 10.1. The van der Waals surface area contributed by atoms with Crippen molar-refractivity contribution in [1.82, 2.24) is 5.32 Å². The van der Waals surface area contributed by atoms with Crippen LogP contribution in [0.2, 0.25) is 0 Å². The summed E-state index contributed by atoms with van der Waals surface area (Å²) in [5.74, 6) is -0.506. The van der Waals surface area contributed by atoms with Gasteiger partial charge in [0.25, 0.3) is 5.69 Å². The second-order valence-electron chi connectivity index (χ2n) is 6.88. The first-order valence-corrected chi connectivity index (χ1v) is 11.0. The van der Waals surface area contributed by atoms with Crippen molar-refractivity contribution >= 4 is 27.3 Å². The highest BCUT2D eigenvalue weighted by atomic mass is 32.2. The van der Waals surface area contributed by atoms with E-state index in [0.29, 0.717) is 5.56 Å². The van der Waals surface area contributed by atoms with Crippen LogP contribution < -0.4 is 9.62 Å². The minimum Gasteiger partial charge on any atom is -0.348 e. The summed E-state index contributed by atoms with van der Waals surface area (Å²) in [4.78, 5) is 23.0. The second-order valence-corrected chi connectivity index (χ2v) is 8.79. The molecule has 0 saturated heterocycles. The number of amides is 1. The molecule has 1 amide bonds. The Morgan fingerprint density at radius 1 is 1.21 bits per heavy atom. The molecule has 1 N–H and O–H groups in total. The number of benzene rings is 2. The van der Waals surface area contributed by atoms with Gasteiger partial charge in [0.1, 0.15) is 6.54 Å². The first-order chi connectivity index (χ1) is 13.5. The molecule has 9 heteroatoms. The summed E-state index contributed by atoms with van der Waals surface area (Å²) >= 11 is 0. The summed E-state index contributed by atoms with van der Waals surface area (Å²) in [5.41, 5.74) is 2.45. The molecule has 0 fully saturated rings. The Balaban J connectivity index is 2.23. The molecular formula is C20H25N3O5S. The average molecular weight is 420 g/mol. The molecule has 0 unspecified atom stereocenters. The Hall–Kier alpha value is -2.94. The van der Waals surface area contributed by atoms with Crippen molar-refractivity contribution in [3.8, 4) is 0 Å². The predicted molar refractivity (Wildman–Crippen MR) is 112 cm³/mol. The number of nitrogens with one attached hydrogen (secondary N) is 1. The molecule has 2 aromatic carbocycles. The van der Waals surface area contributed by atoms with Crippen molar-refractivity contribution in [2.75, 3.05) is 17.1 Å². The minimum atomic E-state index is -3.84. The maximum Gasteiger partial charge on any atom is 0.271 e. The van der Waals surface area contributed by atoms with Gasteiger partial charge in [0.2, 0.25) is 15.9 Å². The van der Waals surface area contributed by atoms with E-state index in [4.69, 9.17) is 0 Å². The van der Waals surface area contributed by atoms with E-state index in [0.717, 1.165) is 28.6 Å². The van der Waals surface area contributed by atoms with Crippen molar-refractivity contribution in [3.63, 3.8) is 0 Å². The maximum absolute atomic E-state index is 12.6. The molecule has 0 saturated carbocycles. The van der Waals surface area contributed by atoms with Crippen molar-refractivity contribution < 1.29 is 18.1 Å². The van der Waals surface area contributed by atoms with E-state index in [1.807, 2.05) is 31.2 Å². The molecule has 8 nitrogen and oxygen atoms in total. The molecule has 0 aromatic heterocycles. The van der Waals surface area contributed by atoms with Crippen LogP contribution in [0.4, 0.5) is 11.4 Å². The third-order valence-electron chi connectivity index (χ3n) is 4.63. The average Bonchev–Trinajstić information content (AvgIpc) is 2.65. The molecule has 0 aliphatic heterocycles. The number of nitrogens with zero attached hydrogens (tertiary/aromatic N) is 2. The molecule has 1 atom stereocenters. The number of carbonyl (C=O) groups is 1. The Morgan fingerprint density at radius 2 is 1.83 bits per heavy atom. The first-order valence-electron chi connectivity index (χ1n) is 9.14. The molecular weight excluding hydrogens is 394 g/mol. The lowest BCUT2D eigenvalue weighted by Crippen LogP contribution is -2.41. The highest BCUT2D eigenvalue weighted by molar-refractivity contribution is 7.92. The van der Waals surface area contributed by atoms with Crippen LogP contribution in [0, 0.1) is 17.0 Å². The van der Waals surface area contributed by atoms with Crippen LogP contribution in [0.15, 0.2) is 42.5 Å². The molecule has 0 radical (unpaired) electrons. The smallest absolute Gasteiger partial charge is 0.271 e. The molecule has 0 heterocycles. The van der Waals surface area contributed by atoms with Crippen LogP contribution >= 0.6 is 0 Å². The Kier molecular flexibility index (Phi) is 6.97. The van der Waals surface area contributed by atoms with Gasteiger partial charge in [-0.3, -0.25) is 19.2 Å². The highest BCUT2D eigenvalue weighted by Crippen LogP contribution is 2.27. The predicted octanol–water partition coefficient (Wildman–Crippen LogP) is 3.11. The molecule has 2 rings (SSSR count). The molecule has 0 spiro atoms. The van der Waals surface area contributed by atoms with Gasteiger partial charge in [-0.25, -0.2) is 8.42 Å². The summed E-state index contributed by atoms with van der Waals surface area (Å²) in [6.45, 7) is 5.02. The number of nitro groups is 1. The van der Waals surface area contributed by atoms with Crippen LogP contribution in [0.1, 0.15) is 36.6 Å². The van der Waals surface area contributed by atoms with Crippen molar-refractivity contribution in [3.05, 3.63) is 69.3 Å². The largest absolute Gasteiger partial charge is 0.348 e. The summed E-state index contributed by atoms with van der Waals surface area (Å²) in [7, 11) is -3.84. The Bertz CT molecular complexity index is 1000. The molecule has 156 valence electrons. The number of nitro benzene ring substituents is 1. The van der Waals surface area contributed by atoms with E-state index in [1.165, 1.54) is 17.7 Å². The van der Waals surface area contributed by atoms with Crippen LogP contribution in [0.3, 0.4) is 0 Å². The zero-order valence-corrected chi connectivity index (χ0v) is 17.7. The van der Waals surface area contributed by atoms with Crippen molar-refractivity contribution in [2.45, 2.75) is 33.2 Å². The molecule has 0 aliphatic carbocycles. The normalized spacial score (nSPS) is 12.3. The zero-order chi connectivity index (χ0) is 21.8. The van der Waals surface area contributed by atoms with Gasteiger partial charge >= 0.3 is 0 Å². The number of sulfonamides is 1. The quantitative estimate of drug-likeness (QED) is 0.522. The Morgan fingerprint density at radius 3 is 2.34 bits per heavy atom. The van der Waals surface area contributed by atoms with Gasteiger partial charge in [-0.15, -0.1) is 0 Å². The van der Waals surface area contributed by atoms with Gasteiger partial charge in [0.05, 0.1) is 22.9 Å². The van der Waals surface area contributed by atoms with Crippen LogP contribution in [-0.2, 0) is 21.2 Å². The monoisotopic (exact) mass is 419 g/mol. The molecule has 0 aliphatic rings. The fraction of sp³-hybridized carbons (Fsp3) is 0.350. The number of hydrogen-bond acceptors (Lipinski definition) is 5. The van der Waals surface area contributed by atoms with Gasteiger partial charge in [0, 0.05) is 12.1 Å². The summed E-state index contributed by atoms with van der Waals surface area (Å²) in [6.07, 6.45) is 1.87. The maximum atomic E-state index is 12.6. The van der Waals surface area contributed by atoms with Crippen LogP contribution in [0.25, 0.3) is 0 Å². The van der Waals surface area contributed by atoms with Gasteiger partial charge in [0.15, 0.2) is 0 Å². The van der Waals surface area contributed by atoms with Crippen molar-refractivity contribution in [1.29, 1.82) is 0 Å². The lowest BCUT2D eigenvalue weighted by Gasteiger charge is -2.24. The summed E-state index contributed by atoms with van der Waals surface area (Å²) in [5, 5.41) is 13.8.